The Kier molecular flexibility index (Phi) is 4.29. The molecule has 2 unspecified atom stereocenters. The predicted octanol–water partition coefficient (Wildman–Crippen LogP) is 3.46. The summed E-state index contributed by atoms with van der Waals surface area (Å²) in [5.74, 6) is 0. The number of hydrogen-bond acceptors (Lipinski definition) is 3. The highest BCUT2D eigenvalue weighted by molar-refractivity contribution is 9.11. The molecule has 0 radical (unpaired) electrons. The van der Waals surface area contributed by atoms with Crippen molar-refractivity contribution >= 4 is 27.3 Å². The summed E-state index contributed by atoms with van der Waals surface area (Å²) in [5.41, 5.74) is 7.92. The van der Waals surface area contributed by atoms with E-state index < -0.39 is 0 Å². The summed E-state index contributed by atoms with van der Waals surface area (Å²) < 4.78 is 1.21. The van der Waals surface area contributed by atoms with Crippen LogP contribution in [0.15, 0.2) is 15.2 Å². The number of thiophene rings is 1. The molecule has 1 aromatic rings. The Labute approximate surface area is 116 Å². The van der Waals surface area contributed by atoms with Crippen LogP contribution in [0.4, 0.5) is 0 Å². The molecule has 1 aliphatic rings. The number of nitrogens with two attached hydrogens (primary N) is 1. The van der Waals surface area contributed by atoms with Crippen LogP contribution in [0.25, 0.3) is 0 Å². The Morgan fingerprint density at radius 2 is 2.41 bits per heavy atom. The van der Waals surface area contributed by atoms with E-state index in [9.17, 15) is 0 Å². The number of hydrogen-bond donors (Lipinski definition) is 1. The fourth-order valence-electron chi connectivity index (χ4n) is 2.87. The van der Waals surface area contributed by atoms with Crippen molar-refractivity contribution in [2.45, 2.75) is 38.8 Å². The van der Waals surface area contributed by atoms with Gasteiger partial charge in [0.25, 0.3) is 0 Å². The smallest absolute Gasteiger partial charge is 0.0701 e. The molecule has 2 N–H and O–H groups in total. The average Bonchev–Trinajstić information content (AvgIpc) is 2.75. The molecule has 1 aromatic heterocycles. The summed E-state index contributed by atoms with van der Waals surface area (Å²) in [6, 6.07) is 2.58. The highest BCUT2D eigenvalue weighted by Gasteiger charge is 2.36. The molecule has 0 amide bonds. The lowest BCUT2D eigenvalue weighted by molar-refractivity contribution is 0.173. The van der Waals surface area contributed by atoms with Crippen molar-refractivity contribution in [2.24, 2.45) is 11.1 Å². The standard InChI is InChI=1S/C13H21BrN2S/c1-13(5-3-4-11(13)15)9-16(2)7-10-6-12(14)17-8-10/h6,8,11H,3-5,7,9,15H2,1-2H3. The average molecular weight is 317 g/mol. The van der Waals surface area contributed by atoms with E-state index in [1.807, 2.05) is 0 Å². The molecule has 1 aliphatic carbocycles. The lowest BCUT2D eigenvalue weighted by Gasteiger charge is -2.33. The molecule has 0 aromatic carbocycles. The maximum atomic E-state index is 6.23. The highest BCUT2D eigenvalue weighted by atomic mass is 79.9. The lowest BCUT2D eigenvalue weighted by atomic mass is 9.84. The lowest BCUT2D eigenvalue weighted by Crippen LogP contribution is -2.42. The quantitative estimate of drug-likeness (QED) is 0.921. The fourth-order valence-corrected chi connectivity index (χ4v) is 4.07. The van der Waals surface area contributed by atoms with Crippen LogP contribution in [0.5, 0.6) is 0 Å². The summed E-state index contributed by atoms with van der Waals surface area (Å²) in [6.45, 7) is 4.46. The van der Waals surface area contributed by atoms with Gasteiger partial charge >= 0.3 is 0 Å². The Morgan fingerprint density at radius 1 is 1.65 bits per heavy atom. The van der Waals surface area contributed by atoms with E-state index in [0.717, 1.165) is 13.1 Å². The minimum Gasteiger partial charge on any atom is -0.327 e. The molecule has 0 saturated heterocycles. The molecule has 4 heteroatoms. The van der Waals surface area contributed by atoms with E-state index in [1.54, 1.807) is 11.3 Å². The van der Waals surface area contributed by atoms with E-state index >= 15 is 0 Å². The molecular weight excluding hydrogens is 296 g/mol. The molecule has 1 saturated carbocycles. The van der Waals surface area contributed by atoms with Gasteiger partial charge in [-0.1, -0.05) is 13.3 Å². The fraction of sp³-hybridized carbons (Fsp3) is 0.692. The number of rotatable bonds is 4. The van der Waals surface area contributed by atoms with Crippen molar-refractivity contribution in [3.63, 3.8) is 0 Å². The van der Waals surface area contributed by atoms with Gasteiger partial charge in [0.1, 0.15) is 0 Å². The summed E-state index contributed by atoms with van der Waals surface area (Å²) in [4.78, 5) is 2.40. The van der Waals surface area contributed by atoms with Crippen molar-refractivity contribution in [3.05, 3.63) is 20.8 Å². The predicted molar refractivity (Wildman–Crippen MR) is 78.3 cm³/mol. The molecule has 17 heavy (non-hydrogen) atoms. The summed E-state index contributed by atoms with van der Waals surface area (Å²) in [5, 5.41) is 2.22. The third-order valence-corrected chi connectivity index (χ3v) is 5.42. The van der Waals surface area contributed by atoms with Gasteiger partial charge in [-0.15, -0.1) is 11.3 Å². The first-order valence-corrected chi connectivity index (χ1v) is 7.84. The molecule has 0 spiro atoms. The highest BCUT2D eigenvalue weighted by Crippen LogP contribution is 2.37. The van der Waals surface area contributed by atoms with Crippen LogP contribution in [0.2, 0.25) is 0 Å². The van der Waals surface area contributed by atoms with Crippen LogP contribution < -0.4 is 5.73 Å². The second-order valence-electron chi connectivity index (χ2n) is 5.58. The van der Waals surface area contributed by atoms with E-state index in [-0.39, 0.29) is 0 Å². The van der Waals surface area contributed by atoms with Crippen molar-refractivity contribution in [1.82, 2.24) is 4.90 Å². The van der Waals surface area contributed by atoms with Crippen LogP contribution in [0.1, 0.15) is 31.7 Å². The maximum absolute atomic E-state index is 6.23. The van der Waals surface area contributed by atoms with Gasteiger partial charge < -0.3 is 10.6 Å². The van der Waals surface area contributed by atoms with Gasteiger partial charge in [-0.05, 0) is 58.2 Å². The van der Waals surface area contributed by atoms with Gasteiger partial charge in [-0.2, -0.15) is 0 Å². The normalized spacial score (nSPS) is 29.1. The van der Waals surface area contributed by atoms with E-state index in [1.165, 1.54) is 28.6 Å². The largest absolute Gasteiger partial charge is 0.327 e. The second-order valence-corrected chi connectivity index (χ2v) is 7.87. The molecule has 2 atom stereocenters. The number of nitrogens with zero attached hydrogens (tertiary/aromatic N) is 1. The van der Waals surface area contributed by atoms with Gasteiger partial charge in [-0.25, -0.2) is 0 Å². The Bertz CT molecular complexity index is 379. The minimum atomic E-state index is 0.308. The molecule has 1 fully saturated rings. The molecule has 1 heterocycles. The third-order valence-electron chi connectivity index (χ3n) is 3.86. The Balaban J connectivity index is 1.91. The molecular formula is C13H21BrN2S. The van der Waals surface area contributed by atoms with Crippen molar-refractivity contribution in [1.29, 1.82) is 0 Å². The zero-order valence-corrected chi connectivity index (χ0v) is 13.0. The molecule has 0 aliphatic heterocycles. The van der Waals surface area contributed by atoms with Gasteiger partial charge in [0, 0.05) is 19.1 Å². The molecule has 96 valence electrons. The topological polar surface area (TPSA) is 29.3 Å². The van der Waals surface area contributed by atoms with Crippen LogP contribution in [0, 0.1) is 5.41 Å². The zero-order chi connectivity index (χ0) is 12.5. The minimum absolute atomic E-state index is 0.308. The van der Waals surface area contributed by atoms with Crippen LogP contribution in [-0.4, -0.2) is 24.5 Å². The SMILES string of the molecule is CN(Cc1csc(Br)c1)CC1(C)CCCC1N. The van der Waals surface area contributed by atoms with Gasteiger partial charge in [0.2, 0.25) is 0 Å². The van der Waals surface area contributed by atoms with Crippen LogP contribution in [-0.2, 0) is 6.54 Å². The van der Waals surface area contributed by atoms with Crippen molar-refractivity contribution in [2.75, 3.05) is 13.6 Å². The first-order valence-electron chi connectivity index (χ1n) is 6.17. The van der Waals surface area contributed by atoms with E-state index in [2.05, 4.69) is 46.2 Å². The van der Waals surface area contributed by atoms with E-state index in [4.69, 9.17) is 5.73 Å². The molecule has 2 nitrogen and oxygen atoms in total. The van der Waals surface area contributed by atoms with Crippen LogP contribution >= 0.6 is 27.3 Å². The van der Waals surface area contributed by atoms with Gasteiger partial charge in [0.05, 0.1) is 3.79 Å². The first-order chi connectivity index (χ1) is 7.99. The molecule has 2 rings (SSSR count). The van der Waals surface area contributed by atoms with Gasteiger partial charge in [0.15, 0.2) is 0 Å². The zero-order valence-electron chi connectivity index (χ0n) is 10.6. The summed E-state index contributed by atoms with van der Waals surface area (Å²) in [6.07, 6.45) is 3.75. The maximum Gasteiger partial charge on any atom is 0.0701 e. The summed E-state index contributed by atoms with van der Waals surface area (Å²) in [7, 11) is 2.20. The Hall–Kier alpha value is 0.1000. The van der Waals surface area contributed by atoms with Crippen molar-refractivity contribution in [3.8, 4) is 0 Å². The van der Waals surface area contributed by atoms with Crippen molar-refractivity contribution < 1.29 is 0 Å². The van der Waals surface area contributed by atoms with Crippen LogP contribution in [0.3, 0.4) is 0 Å². The monoisotopic (exact) mass is 316 g/mol. The molecule has 0 bridgehead atoms. The summed E-state index contributed by atoms with van der Waals surface area (Å²) >= 11 is 5.26. The Morgan fingerprint density at radius 3 is 2.94 bits per heavy atom. The van der Waals surface area contributed by atoms with E-state index in [0.29, 0.717) is 11.5 Å². The number of halogens is 1. The first kappa shape index (κ1) is 13.5. The second kappa shape index (κ2) is 5.39. The van der Waals surface area contributed by atoms with Gasteiger partial charge in [-0.3, -0.25) is 0 Å². The third kappa shape index (κ3) is 3.31.